The van der Waals surface area contributed by atoms with E-state index >= 15 is 0 Å². The van der Waals surface area contributed by atoms with Crippen LogP contribution in [0.3, 0.4) is 0 Å². The fourth-order valence-corrected chi connectivity index (χ4v) is 0.595. The molecule has 0 aromatic heterocycles. The molecule has 8 heavy (non-hydrogen) atoms. The number of rotatable bonds is 0. The smallest absolute Gasteiger partial charge is 0.135 e. The molecule has 0 saturated heterocycles. The van der Waals surface area contributed by atoms with Crippen LogP contribution in [0.5, 0.6) is 0 Å². The van der Waals surface area contributed by atoms with Gasteiger partial charge in [0.25, 0.3) is 0 Å². The summed E-state index contributed by atoms with van der Waals surface area (Å²) in [5.74, 6) is -1.24. The Balaban J connectivity index is 2.67. The first kappa shape index (κ1) is 5.48. The lowest BCUT2D eigenvalue weighted by atomic mass is 10.2. The summed E-state index contributed by atoms with van der Waals surface area (Å²) in [6.45, 7) is 0. The lowest BCUT2D eigenvalue weighted by Crippen LogP contribution is -1.83. The van der Waals surface area contributed by atoms with Crippen molar-refractivity contribution in [1.82, 2.24) is 0 Å². The molecule has 1 rings (SSSR count). The summed E-state index contributed by atoms with van der Waals surface area (Å²) in [6.07, 6.45) is 3.51. The Morgan fingerprint density at radius 1 is 1.00 bits per heavy atom. The average molecular weight is 116 g/mol. The highest BCUT2D eigenvalue weighted by atomic mass is 19.2. The largest absolute Gasteiger partial charge is 0.209 e. The molecule has 0 radical (unpaired) electrons. The van der Waals surface area contributed by atoms with E-state index in [1.54, 1.807) is 12.2 Å². The predicted molar refractivity (Wildman–Crippen MR) is 27.6 cm³/mol. The molecule has 0 saturated carbocycles. The Hall–Kier alpha value is -0.660. The SMILES string of the molecule is FC1=C(F)CC=CC1. The molecule has 0 aromatic rings. The highest BCUT2D eigenvalue weighted by molar-refractivity contribution is 5.13. The summed E-state index contributed by atoms with van der Waals surface area (Å²) >= 11 is 0. The van der Waals surface area contributed by atoms with Gasteiger partial charge in [-0.25, -0.2) is 8.78 Å². The zero-order chi connectivity index (χ0) is 5.98. The lowest BCUT2D eigenvalue weighted by molar-refractivity contribution is 0.506. The minimum Gasteiger partial charge on any atom is -0.209 e. The van der Waals surface area contributed by atoms with E-state index in [9.17, 15) is 8.78 Å². The third-order valence-electron chi connectivity index (χ3n) is 1.06. The maximum Gasteiger partial charge on any atom is 0.135 e. The van der Waals surface area contributed by atoms with Crippen LogP contribution in [-0.4, -0.2) is 0 Å². The molecule has 1 aliphatic rings. The molecule has 2 heteroatoms. The predicted octanol–water partition coefficient (Wildman–Crippen LogP) is 2.49. The Morgan fingerprint density at radius 2 is 1.38 bits per heavy atom. The van der Waals surface area contributed by atoms with Crippen LogP contribution in [0.1, 0.15) is 12.8 Å². The van der Waals surface area contributed by atoms with Crippen molar-refractivity contribution in [2.24, 2.45) is 0 Å². The van der Waals surface area contributed by atoms with E-state index in [4.69, 9.17) is 0 Å². The second-order valence-corrected chi connectivity index (χ2v) is 1.69. The van der Waals surface area contributed by atoms with Crippen molar-refractivity contribution in [3.63, 3.8) is 0 Å². The van der Waals surface area contributed by atoms with Gasteiger partial charge in [-0.15, -0.1) is 0 Å². The number of allylic oxidation sites excluding steroid dienone is 4. The van der Waals surface area contributed by atoms with Gasteiger partial charge in [-0.1, -0.05) is 12.2 Å². The molecule has 0 nitrogen and oxygen atoms in total. The molecule has 1 aliphatic carbocycles. The van der Waals surface area contributed by atoms with Gasteiger partial charge in [-0.3, -0.25) is 0 Å². The number of halogens is 2. The van der Waals surface area contributed by atoms with Gasteiger partial charge < -0.3 is 0 Å². The summed E-state index contributed by atoms with van der Waals surface area (Å²) in [6, 6.07) is 0. The number of hydrogen-bond donors (Lipinski definition) is 0. The third-order valence-corrected chi connectivity index (χ3v) is 1.06. The zero-order valence-corrected chi connectivity index (χ0v) is 4.32. The second-order valence-electron chi connectivity index (χ2n) is 1.69. The molecule has 44 valence electrons. The van der Waals surface area contributed by atoms with Gasteiger partial charge in [0, 0.05) is 12.8 Å². The van der Waals surface area contributed by atoms with Gasteiger partial charge in [-0.2, -0.15) is 0 Å². The summed E-state index contributed by atoms with van der Waals surface area (Å²) in [5, 5.41) is 0. The van der Waals surface area contributed by atoms with Crippen molar-refractivity contribution in [2.75, 3.05) is 0 Å². The second kappa shape index (κ2) is 2.07. The van der Waals surface area contributed by atoms with Crippen LogP contribution < -0.4 is 0 Å². The first-order valence-corrected chi connectivity index (χ1v) is 2.48. The van der Waals surface area contributed by atoms with E-state index in [0.29, 0.717) is 0 Å². The molecule has 0 spiro atoms. The summed E-state index contributed by atoms with van der Waals surface area (Å²) in [4.78, 5) is 0. The highest BCUT2D eigenvalue weighted by Gasteiger charge is 2.05. The van der Waals surface area contributed by atoms with Gasteiger partial charge in [0.15, 0.2) is 0 Å². The van der Waals surface area contributed by atoms with E-state index in [-0.39, 0.29) is 12.8 Å². The van der Waals surface area contributed by atoms with Gasteiger partial charge in [0.2, 0.25) is 0 Å². The van der Waals surface area contributed by atoms with Gasteiger partial charge in [0.1, 0.15) is 11.7 Å². The molecule has 0 atom stereocenters. The van der Waals surface area contributed by atoms with Crippen LogP contribution in [0.15, 0.2) is 23.8 Å². The van der Waals surface area contributed by atoms with Crippen LogP contribution in [-0.2, 0) is 0 Å². The van der Waals surface area contributed by atoms with Crippen molar-refractivity contribution in [3.8, 4) is 0 Å². The monoisotopic (exact) mass is 116 g/mol. The molecule has 0 amide bonds. The standard InChI is InChI=1S/C6H6F2/c7-5-3-1-2-4-6(5)8/h1-2H,3-4H2. The van der Waals surface area contributed by atoms with Crippen LogP contribution in [0.2, 0.25) is 0 Å². The lowest BCUT2D eigenvalue weighted by Gasteiger charge is -1.99. The summed E-state index contributed by atoms with van der Waals surface area (Å²) in [5.41, 5.74) is 0. The van der Waals surface area contributed by atoms with Crippen LogP contribution in [0, 0.1) is 0 Å². The quantitative estimate of drug-likeness (QED) is 0.426. The first-order valence-electron chi connectivity index (χ1n) is 2.48. The Bertz CT molecular complexity index is 129. The van der Waals surface area contributed by atoms with Crippen molar-refractivity contribution in [1.29, 1.82) is 0 Å². The molecule has 0 unspecified atom stereocenters. The van der Waals surface area contributed by atoms with Gasteiger partial charge >= 0.3 is 0 Å². The van der Waals surface area contributed by atoms with E-state index < -0.39 is 11.7 Å². The van der Waals surface area contributed by atoms with Crippen LogP contribution >= 0.6 is 0 Å². The Morgan fingerprint density at radius 3 is 1.62 bits per heavy atom. The highest BCUT2D eigenvalue weighted by Crippen LogP contribution is 2.20. The summed E-state index contributed by atoms with van der Waals surface area (Å²) < 4.78 is 24.1. The zero-order valence-electron chi connectivity index (χ0n) is 4.32. The van der Waals surface area contributed by atoms with Crippen molar-refractivity contribution in [2.45, 2.75) is 12.8 Å². The van der Waals surface area contributed by atoms with E-state index in [2.05, 4.69) is 0 Å². The molecular formula is C6H6F2. The maximum absolute atomic E-state index is 12.0. The van der Waals surface area contributed by atoms with Gasteiger partial charge in [-0.05, 0) is 0 Å². The molecule has 0 heterocycles. The summed E-state index contributed by atoms with van der Waals surface area (Å²) in [7, 11) is 0. The fraction of sp³-hybridized carbons (Fsp3) is 0.333. The molecule has 0 fully saturated rings. The van der Waals surface area contributed by atoms with E-state index in [0.717, 1.165) is 0 Å². The first-order chi connectivity index (χ1) is 3.80. The van der Waals surface area contributed by atoms with Crippen molar-refractivity contribution >= 4 is 0 Å². The third kappa shape index (κ3) is 0.941. The molecule has 0 N–H and O–H groups in total. The molecule has 0 aromatic carbocycles. The topological polar surface area (TPSA) is 0 Å². The van der Waals surface area contributed by atoms with Crippen LogP contribution in [0.25, 0.3) is 0 Å². The van der Waals surface area contributed by atoms with Crippen molar-refractivity contribution < 1.29 is 8.78 Å². The van der Waals surface area contributed by atoms with Gasteiger partial charge in [0.05, 0.1) is 0 Å². The molecule has 0 aliphatic heterocycles. The number of hydrogen-bond acceptors (Lipinski definition) is 0. The average Bonchev–Trinajstić information content (AvgIpc) is 1.77. The minimum absolute atomic E-state index is 0.131. The molecule has 0 bridgehead atoms. The Labute approximate surface area is 46.5 Å². The normalized spacial score (nSPS) is 19.8. The minimum atomic E-state index is -0.618. The Kier molecular flexibility index (Phi) is 1.42. The molecular weight excluding hydrogens is 110 g/mol. The maximum atomic E-state index is 12.0. The van der Waals surface area contributed by atoms with Crippen LogP contribution in [0.4, 0.5) is 8.78 Å². The van der Waals surface area contributed by atoms with Crippen molar-refractivity contribution in [3.05, 3.63) is 23.8 Å². The van der Waals surface area contributed by atoms with E-state index in [1.807, 2.05) is 0 Å². The van der Waals surface area contributed by atoms with E-state index in [1.165, 1.54) is 0 Å². The fourth-order valence-electron chi connectivity index (χ4n) is 0.595.